The monoisotopic (exact) mass is 244 g/mol. The van der Waals surface area contributed by atoms with Crippen LogP contribution < -0.4 is 5.32 Å². The van der Waals surface area contributed by atoms with Crippen molar-refractivity contribution in [2.45, 2.75) is 25.9 Å². The van der Waals surface area contributed by atoms with Gasteiger partial charge in [0.15, 0.2) is 0 Å². The molecule has 0 aromatic carbocycles. The molecule has 0 saturated carbocycles. The van der Waals surface area contributed by atoms with Crippen LogP contribution in [0.15, 0.2) is 6.20 Å². The molecule has 92 valence electrons. The lowest BCUT2D eigenvalue weighted by atomic mass is 10.2. The Morgan fingerprint density at radius 2 is 2.31 bits per heavy atom. The zero-order chi connectivity index (χ0) is 10.8. The average Bonchev–Trinajstić information content (AvgIpc) is 2.80. The quantitative estimate of drug-likeness (QED) is 0.860. The zero-order valence-electron chi connectivity index (χ0n) is 10.2. The number of aryl methyl sites for hydroxylation is 1. The lowest BCUT2D eigenvalue weighted by molar-refractivity contribution is 0.321. The van der Waals surface area contributed by atoms with Gasteiger partial charge < -0.3 is 5.32 Å². The van der Waals surface area contributed by atoms with Crippen LogP contribution in [0.2, 0.25) is 0 Å². The van der Waals surface area contributed by atoms with Gasteiger partial charge in [0, 0.05) is 44.0 Å². The predicted octanol–water partition coefficient (Wildman–Crippen LogP) is 0.944. The summed E-state index contributed by atoms with van der Waals surface area (Å²) in [6.45, 7) is 5.52. The minimum atomic E-state index is 0. The molecule has 1 fully saturated rings. The van der Waals surface area contributed by atoms with E-state index in [2.05, 4.69) is 22.2 Å². The maximum atomic E-state index is 4.27. The highest BCUT2D eigenvalue weighted by Crippen LogP contribution is 2.15. The molecule has 5 heteroatoms. The Kier molecular flexibility index (Phi) is 4.77. The summed E-state index contributed by atoms with van der Waals surface area (Å²) in [7, 11) is 4.04. The van der Waals surface area contributed by atoms with E-state index in [-0.39, 0.29) is 12.4 Å². The van der Waals surface area contributed by atoms with Gasteiger partial charge in [0.05, 0.1) is 6.20 Å². The van der Waals surface area contributed by atoms with Crippen molar-refractivity contribution in [2.75, 3.05) is 20.1 Å². The number of halogens is 1. The largest absolute Gasteiger partial charge is 0.316 e. The van der Waals surface area contributed by atoms with E-state index < -0.39 is 0 Å². The van der Waals surface area contributed by atoms with E-state index in [4.69, 9.17) is 0 Å². The van der Waals surface area contributed by atoms with Crippen molar-refractivity contribution in [1.82, 2.24) is 20.0 Å². The number of aromatic nitrogens is 2. The van der Waals surface area contributed by atoms with Gasteiger partial charge in [0.25, 0.3) is 0 Å². The Bertz CT molecular complexity index is 337. The molecule has 0 radical (unpaired) electrons. The first kappa shape index (κ1) is 13.5. The fourth-order valence-corrected chi connectivity index (χ4v) is 2.15. The molecule has 0 aliphatic carbocycles. The number of hydrogen-bond donors (Lipinski definition) is 1. The van der Waals surface area contributed by atoms with E-state index in [1.807, 2.05) is 25.0 Å². The molecule has 0 spiro atoms. The van der Waals surface area contributed by atoms with Gasteiger partial charge in [-0.15, -0.1) is 12.4 Å². The van der Waals surface area contributed by atoms with Crippen molar-refractivity contribution >= 4 is 12.4 Å². The molecular formula is C11H21ClN4. The highest BCUT2D eigenvalue weighted by atomic mass is 35.5. The van der Waals surface area contributed by atoms with Gasteiger partial charge in [-0.3, -0.25) is 9.58 Å². The third kappa shape index (κ3) is 2.75. The van der Waals surface area contributed by atoms with E-state index in [1.54, 1.807) is 0 Å². The normalized spacial score (nSPS) is 21.1. The summed E-state index contributed by atoms with van der Waals surface area (Å²) >= 11 is 0. The summed E-state index contributed by atoms with van der Waals surface area (Å²) in [6.07, 6.45) is 3.25. The molecular weight excluding hydrogens is 224 g/mol. The number of likely N-dealkylation sites (N-methyl/N-ethyl adjacent to an activating group) is 1. The summed E-state index contributed by atoms with van der Waals surface area (Å²) in [5, 5.41) is 7.61. The van der Waals surface area contributed by atoms with Crippen LogP contribution >= 0.6 is 12.4 Å². The summed E-state index contributed by atoms with van der Waals surface area (Å²) < 4.78 is 1.95. The van der Waals surface area contributed by atoms with Crippen LogP contribution in [0.25, 0.3) is 0 Å². The van der Waals surface area contributed by atoms with Crippen LogP contribution in [0.4, 0.5) is 0 Å². The molecule has 2 rings (SSSR count). The molecule has 1 saturated heterocycles. The van der Waals surface area contributed by atoms with Crippen molar-refractivity contribution in [3.8, 4) is 0 Å². The maximum Gasteiger partial charge on any atom is 0.0537 e. The Morgan fingerprint density at radius 1 is 1.56 bits per heavy atom. The second-order valence-electron chi connectivity index (χ2n) is 4.39. The van der Waals surface area contributed by atoms with E-state index in [9.17, 15) is 0 Å². The molecule has 16 heavy (non-hydrogen) atoms. The molecule has 1 unspecified atom stereocenters. The Balaban J connectivity index is 0.00000128. The van der Waals surface area contributed by atoms with Crippen molar-refractivity contribution in [2.24, 2.45) is 7.05 Å². The SMILES string of the molecule is CNC1CCN(Cc2cnn(C)c2C)C1.Cl. The molecule has 1 aromatic heterocycles. The van der Waals surface area contributed by atoms with E-state index in [0.29, 0.717) is 6.04 Å². The van der Waals surface area contributed by atoms with E-state index in [1.165, 1.54) is 24.2 Å². The molecule has 1 aliphatic heterocycles. The summed E-state index contributed by atoms with van der Waals surface area (Å²) in [6, 6.07) is 0.668. The second-order valence-corrected chi connectivity index (χ2v) is 4.39. The summed E-state index contributed by atoms with van der Waals surface area (Å²) in [5.41, 5.74) is 2.64. The lowest BCUT2D eigenvalue weighted by Crippen LogP contribution is -2.29. The average molecular weight is 245 g/mol. The van der Waals surface area contributed by atoms with Crippen molar-refractivity contribution in [1.29, 1.82) is 0 Å². The predicted molar refractivity (Wildman–Crippen MR) is 67.9 cm³/mol. The number of nitrogens with one attached hydrogen (secondary N) is 1. The molecule has 1 aliphatic rings. The first-order valence-electron chi connectivity index (χ1n) is 5.58. The van der Waals surface area contributed by atoms with Gasteiger partial charge in [-0.05, 0) is 20.4 Å². The summed E-state index contributed by atoms with van der Waals surface area (Å²) in [4.78, 5) is 2.49. The molecule has 0 amide bonds. The molecule has 4 nitrogen and oxygen atoms in total. The molecule has 1 atom stereocenters. The fourth-order valence-electron chi connectivity index (χ4n) is 2.15. The van der Waals surface area contributed by atoms with Crippen LogP contribution in [0.3, 0.4) is 0 Å². The van der Waals surface area contributed by atoms with Crippen LogP contribution in [0.1, 0.15) is 17.7 Å². The van der Waals surface area contributed by atoms with Gasteiger partial charge in [0.2, 0.25) is 0 Å². The maximum absolute atomic E-state index is 4.27. The van der Waals surface area contributed by atoms with Gasteiger partial charge in [-0.1, -0.05) is 0 Å². The molecule has 1 aromatic rings. The standard InChI is InChI=1S/C11H20N4.ClH/c1-9-10(6-13-14(9)3)7-15-5-4-11(8-15)12-2;/h6,11-12H,4-5,7-8H2,1-3H3;1H. The highest BCUT2D eigenvalue weighted by molar-refractivity contribution is 5.85. The zero-order valence-corrected chi connectivity index (χ0v) is 11.0. The Hall–Kier alpha value is -0.580. The van der Waals surface area contributed by atoms with Crippen LogP contribution in [-0.2, 0) is 13.6 Å². The van der Waals surface area contributed by atoms with E-state index in [0.717, 1.165) is 13.1 Å². The number of rotatable bonds is 3. The van der Waals surface area contributed by atoms with Crippen LogP contribution in [-0.4, -0.2) is 40.9 Å². The number of hydrogen-bond acceptors (Lipinski definition) is 3. The number of likely N-dealkylation sites (tertiary alicyclic amines) is 1. The highest BCUT2D eigenvalue weighted by Gasteiger charge is 2.21. The molecule has 2 heterocycles. The smallest absolute Gasteiger partial charge is 0.0537 e. The minimum absolute atomic E-state index is 0. The van der Waals surface area contributed by atoms with Crippen molar-refractivity contribution in [3.05, 3.63) is 17.5 Å². The van der Waals surface area contributed by atoms with Crippen molar-refractivity contribution < 1.29 is 0 Å². The van der Waals surface area contributed by atoms with Crippen LogP contribution in [0, 0.1) is 6.92 Å². The third-order valence-corrected chi connectivity index (χ3v) is 3.41. The molecule has 0 bridgehead atoms. The Labute approximate surface area is 103 Å². The van der Waals surface area contributed by atoms with Crippen LogP contribution in [0.5, 0.6) is 0 Å². The third-order valence-electron chi connectivity index (χ3n) is 3.41. The molecule has 1 N–H and O–H groups in total. The van der Waals surface area contributed by atoms with Gasteiger partial charge >= 0.3 is 0 Å². The fraction of sp³-hybridized carbons (Fsp3) is 0.727. The first-order valence-corrected chi connectivity index (χ1v) is 5.58. The second kappa shape index (κ2) is 5.66. The summed E-state index contributed by atoms with van der Waals surface area (Å²) in [5.74, 6) is 0. The lowest BCUT2D eigenvalue weighted by Gasteiger charge is -2.15. The minimum Gasteiger partial charge on any atom is -0.316 e. The van der Waals surface area contributed by atoms with Gasteiger partial charge in [-0.25, -0.2) is 0 Å². The first-order chi connectivity index (χ1) is 7.20. The number of nitrogens with zero attached hydrogens (tertiary/aromatic N) is 3. The topological polar surface area (TPSA) is 33.1 Å². The van der Waals surface area contributed by atoms with Crippen molar-refractivity contribution in [3.63, 3.8) is 0 Å². The van der Waals surface area contributed by atoms with Gasteiger partial charge in [-0.2, -0.15) is 5.10 Å². The van der Waals surface area contributed by atoms with E-state index >= 15 is 0 Å². The Morgan fingerprint density at radius 3 is 2.81 bits per heavy atom. The van der Waals surface area contributed by atoms with Gasteiger partial charge in [0.1, 0.15) is 0 Å².